The average Bonchev–Trinajstić information content (AvgIpc) is 3.20. The van der Waals surface area contributed by atoms with Crippen LogP contribution in [-0.2, 0) is 11.3 Å². The first-order valence-electron chi connectivity index (χ1n) is 9.75. The number of nitrogens with zero attached hydrogens (tertiary/aromatic N) is 1. The van der Waals surface area contributed by atoms with Crippen LogP contribution in [0.2, 0.25) is 0 Å². The fraction of sp³-hybridized carbons (Fsp3) is 0.667. The molecule has 1 amide bonds. The van der Waals surface area contributed by atoms with Crippen molar-refractivity contribution in [1.82, 2.24) is 10.2 Å². The molecule has 0 aromatic heterocycles. The molecule has 1 saturated heterocycles. The van der Waals surface area contributed by atoms with Crippen molar-refractivity contribution < 1.29 is 4.79 Å². The van der Waals surface area contributed by atoms with Gasteiger partial charge in [-0.2, -0.15) is 0 Å². The molecule has 3 unspecified atom stereocenters. The highest BCUT2D eigenvalue weighted by molar-refractivity contribution is 5.79. The molecule has 3 fully saturated rings. The lowest BCUT2D eigenvalue weighted by Gasteiger charge is -2.32. The van der Waals surface area contributed by atoms with Gasteiger partial charge in [0, 0.05) is 18.5 Å². The van der Waals surface area contributed by atoms with E-state index in [-0.39, 0.29) is 5.92 Å². The zero-order valence-corrected chi connectivity index (χ0v) is 14.8. The minimum atomic E-state index is 0.235. The third kappa shape index (κ3) is 3.51. The van der Waals surface area contributed by atoms with E-state index < -0.39 is 0 Å². The number of aryl methyl sites for hydroxylation is 1. The van der Waals surface area contributed by atoms with Gasteiger partial charge in [-0.25, -0.2) is 0 Å². The number of benzene rings is 1. The van der Waals surface area contributed by atoms with Crippen LogP contribution < -0.4 is 5.32 Å². The molecule has 3 atom stereocenters. The molecule has 130 valence electrons. The van der Waals surface area contributed by atoms with Gasteiger partial charge in [0.05, 0.1) is 0 Å². The molecule has 2 saturated carbocycles. The van der Waals surface area contributed by atoms with Gasteiger partial charge in [0.25, 0.3) is 0 Å². The first-order valence-corrected chi connectivity index (χ1v) is 9.75. The van der Waals surface area contributed by atoms with Crippen LogP contribution in [0.3, 0.4) is 0 Å². The highest BCUT2D eigenvalue weighted by atomic mass is 16.2. The van der Waals surface area contributed by atoms with Crippen molar-refractivity contribution in [2.75, 3.05) is 13.1 Å². The van der Waals surface area contributed by atoms with E-state index in [4.69, 9.17) is 0 Å². The van der Waals surface area contributed by atoms with Crippen molar-refractivity contribution in [1.29, 1.82) is 0 Å². The summed E-state index contributed by atoms with van der Waals surface area (Å²) in [6.45, 7) is 5.23. The molecular weight excluding hydrogens is 296 g/mol. The van der Waals surface area contributed by atoms with Crippen molar-refractivity contribution >= 4 is 5.91 Å². The number of piperidine rings is 1. The second kappa shape index (κ2) is 6.87. The van der Waals surface area contributed by atoms with Crippen LogP contribution in [0, 0.1) is 24.7 Å². The molecule has 1 heterocycles. The lowest BCUT2D eigenvalue weighted by Crippen LogP contribution is -2.45. The number of hydrogen-bond acceptors (Lipinski definition) is 2. The van der Waals surface area contributed by atoms with Crippen molar-refractivity contribution in [3.8, 4) is 0 Å². The molecule has 2 aliphatic carbocycles. The monoisotopic (exact) mass is 326 g/mol. The first kappa shape index (κ1) is 16.1. The average molecular weight is 326 g/mol. The topological polar surface area (TPSA) is 32.3 Å². The summed E-state index contributed by atoms with van der Waals surface area (Å²) in [6.07, 6.45) is 7.36. The minimum Gasteiger partial charge on any atom is -0.353 e. The number of hydrogen-bond donors (Lipinski definition) is 1. The maximum Gasteiger partial charge on any atom is 0.223 e. The van der Waals surface area contributed by atoms with E-state index in [1.165, 1.54) is 36.8 Å². The molecule has 1 aromatic rings. The van der Waals surface area contributed by atoms with Crippen molar-refractivity contribution in [2.45, 2.75) is 58.0 Å². The van der Waals surface area contributed by atoms with Gasteiger partial charge in [-0.05, 0) is 69.5 Å². The molecule has 2 bridgehead atoms. The van der Waals surface area contributed by atoms with Crippen LogP contribution in [0.15, 0.2) is 24.3 Å². The molecule has 3 nitrogen and oxygen atoms in total. The van der Waals surface area contributed by atoms with Crippen LogP contribution in [0.4, 0.5) is 0 Å². The summed E-state index contributed by atoms with van der Waals surface area (Å²) in [5.74, 6) is 2.25. The Morgan fingerprint density at radius 3 is 2.46 bits per heavy atom. The Morgan fingerprint density at radius 2 is 1.83 bits per heavy atom. The highest BCUT2D eigenvalue weighted by Crippen LogP contribution is 2.44. The largest absolute Gasteiger partial charge is 0.353 e. The molecule has 0 spiro atoms. The second-order valence-electron chi connectivity index (χ2n) is 8.33. The number of nitrogens with one attached hydrogen (secondary N) is 1. The van der Waals surface area contributed by atoms with E-state index in [1.54, 1.807) is 0 Å². The van der Waals surface area contributed by atoms with Crippen LogP contribution in [0.25, 0.3) is 0 Å². The Hall–Kier alpha value is -1.35. The van der Waals surface area contributed by atoms with E-state index in [2.05, 4.69) is 41.4 Å². The van der Waals surface area contributed by atoms with E-state index >= 15 is 0 Å². The van der Waals surface area contributed by atoms with Crippen LogP contribution in [-0.4, -0.2) is 29.9 Å². The Balaban J connectivity index is 1.23. The fourth-order valence-electron chi connectivity index (χ4n) is 5.03. The van der Waals surface area contributed by atoms with E-state index in [0.717, 1.165) is 44.3 Å². The molecule has 3 heteroatoms. The molecule has 1 aliphatic heterocycles. The number of amides is 1. The predicted molar refractivity (Wildman–Crippen MR) is 96.6 cm³/mol. The standard InChI is InChI=1S/C21H30N2O/c1-15-2-4-16(5-3-15)14-23-10-8-18(9-11-23)21(24)22-20-13-17-6-7-19(20)12-17/h2-5,17-20H,6-14H2,1H3,(H,22,24). The summed E-state index contributed by atoms with van der Waals surface area (Å²) in [4.78, 5) is 15.1. The predicted octanol–water partition coefficient (Wildman–Crippen LogP) is 3.51. The summed E-state index contributed by atoms with van der Waals surface area (Å²) >= 11 is 0. The maximum atomic E-state index is 12.6. The molecule has 4 rings (SSSR count). The first-order chi connectivity index (χ1) is 11.7. The minimum absolute atomic E-state index is 0.235. The lowest BCUT2D eigenvalue weighted by atomic mass is 9.92. The van der Waals surface area contributed by atoms with E-state index in [9.17, 15) is 4.79 Å². The van der Waals surface area contributed by atoms with E-state index in [0.29, 0.717) is 11.9 Å². The fourth-order valence-corrected chi connectivity index (χ4v) is 5.03. The molecule has 3 aliphatic rings. The quantitative estimate of drug-likeness (QED) is 0.918. The molecule has 24 heavy (non-hydrogen) atoms. The van der Waals surface area contributed by atoms with Gasteiger partial charge in [-0.3, -0.25) is 9.69 Å². The third-order valence-corrected chi connectivity index (χ3v) is 6.55. The Bertz CT molecular complexity index is 574. The zero-order valence-electron chi connectivity index (χ0n) is 14.8. The van der Waals surface area contributed by atoms with Crippen LogP contribution in [0.5, 0.6) is 0 Å². The smallest absolute Gasteiger partial charge is 0.223 e. The number of rotatable bonds is 4. The molecule has 1 aromatic carbocycles. The third-order valence-electron chi connectivity index (χ3n) is 6.55. The molecular formula is C21H30N2O. The van der Waals surface area contributed by atoms with Crippen molar-refractivity contribution in [2.24, 2.45) is 17.8 Å². The number of likely N-dealkylation sites (tertiary alicyclic amines) is 1. The zero-order chi connectivity index (χ0) is 16.5. The van der Waals surface area contributed by atoms with Gasteiger partial charge >= 0.3 is 0 Å². The Labute approximate surface area is 145 Å². The summed E-state index contributed by atoms with van der Waals surface area (Å²) in [5.41, 5.74) is 2.69. The van der Waals surface area contributed by atoms with Gasteiger partial charge in [0.1, 0.15) is 0 Å². The van der Waals surface area contributed by atoms with Crippen molar-refractivity contribution in [3.05, 3.63) is 35.4 Å². The molecule has 1 N–H and O–H groups in total. The number of fused-ring (bicyclic) bond motifs is 2. The highest BCUT2D eigenvalue weighted by Gasteiger charge is 2.40. The second-order valence-corrected chi connectivity index (χ2v) is 8.33. The maximum absolute atomic E-state index is 12.6. The lowest BCUT2D eigenvalue weighted by molar-refractivity contribution is -0.127. The van der Waals surface area contributed by atoms with Gasteiger partial charge < -0.3 is 5.32 Å². The Morgan fingerprint density at radius 1 is 1.08 bits per heavy atom. The summed E-state index contributed by atoms with van der Waals surface area (Å²) in [6, 6.07) is 9.31. The normalized spacial score (nSPS) is 30.6. The summed E-state index contributed by atoms with van der Waals surface area (Å²) in [5, 5.41) is 3.39. The van der Waals surface area contributed by atoms with Gasteiger partial charge in [-0.1, -0.05) is 36.2 Å². The van der Waals surface area contributed by atoms with Crippen LogP contribution in [0.1, 0.15) is 49.7 Å². The number of carbonyl (C=O) groups is 1. The summed E-state index contributed by atoms with van der Waals surface area (Å²) < 4.78 is 0. The number of carbonyl (C=O) groups excluding carboxylic acids is 1. The molecule has 0 radical (unpaired) electrons. The van der Waals surface area contributed by atoms with Crippen molar-refractivity contribution in [3.63, 3.8) is 0 Å². The Kier molecular flexibility index (Phi) is 4.62. The summed E-state index contributed by atoms with van der Waals surface area (Å²) in [7, 11) is 0. The van der Waals surface area contributed by atoms with Crippen LogP contribution >= 0.6 is 0 Å². The SMILES string of the molecule is Cc1ccc(CN2CCC(C(=O)NC3CC4CCC3C4)CC2)cc1. The van der Waals surface area contributed by atoms with Gasteiger partial charge in [0.2, 0.25) is 5.91 Å². The van der Waals surface area contributed by atoms with Gasteiger partial charge in [-0.15, -0.1) is 0 Å². The van der Waals surface area contributed by atoms with E-state index in [1.807, 2.05) is 0 Å². The van der Waals surface area contributed by atoms with Gasteiger partial charge in [0.15, 0.2) is 0 Å².